The Morgan fingerprint density at radius 3 is 1.21 bits per heavy atom. The number of para-hydroxylation sites is 2. The summed E-state index contributed by atoms with van der Waals surface area (Å²) in [4.78, 5) is 0. The monoisotopic (exact) mass is 406 g/mol. The molecule has 138 valence electrons. The molecule has 16 heteroatoms. The molecule has 1 aromatic carbocycles. The van der Waals surface area contributed by atoms with Crippen LogP contribution >= 0.6 is 0 Å². The highest BCUT2D eigenvalue weighted by molar-refractivity contribution is 7.82. The van der Waals surface area contributed by atoms with Gasteiger partial charge in [-0.2, -0.15) is 16.8 Å². The molecule has 24 heavy (non-hydrogen) atoms. The third-order valence-electron chi connectivity index (χ3n) is 1.63. The van der Waals surface area contributed by atoms with Crippen molar-refractivity contribution in [1.82, 2.24) is 0 Å². The average Bonchev–Trinajstić information content (AvgIpc) is 2.23. The summed E-state index contributed by atoms with van der Waals surface area (Å²) in [6, 6.07) is 3.05. The Morgan fingerprint density at radius 1 is 0.667 bits per heavy atom. The summed E-state index contributed by atoms with van der Waals surface area (Å²) in [5.41, 5.74) is 0. The molecule has 0 aromatic heterocycles. The molecule has 8 nitrogen and oxygen atoms in total. The second kappa shape index (κ2) is 6.61. The van der Waals surface area contributed by atoms with E-state index in [2.05, 4.69) is 16.7 Å². The van der Waals surface area contributed by atoms with E-state index in [0.29, 0.717) is 12.1 Å². The lowest BCUT2D eigenvalue weighted by molar-refractivity contribution is -0.276. The van der Waals surface area contributed by atoms with Crippen LogP contribution in [0.15, 0.2) is 24.3 Å². The Labute approximate surface area is 130 Å². The first-order valence-electron chi connectivity index (χ1n) is 5.11. The van der Waals surface area contributed by atoms with Crippen LogP contribution in [-0.2, 0) is 29.2 Å². The first kappa shape index (κ1) is 20.3. The standard InChI is InChI=1S/C8H4F6O8S2/c9-7(10,11)21-23(15,16)19-5-3-1-2-4-6(5)20-24(17,18)22-8(12,13)14/h1-4H. The Balaban J connectivity index is 3.06. The van der Waals surface area contributed by atoms with Gasteiger partial charge in [0.1, 0.15) is 0 Å². The second-order valence-electron chi connectivity index (χ2n) is 3.49. The summed E-state index contributed by atoms with van der Waals surface area (Å²) in [5, 5.41) is 0. The quantitative estimate of drug-likeness (QED) is 0.661. The Morgan fingerprint density at radius 2 is 0.958 bits per heavy atom. The maximum absolute atomic E-state index is 11.9. The first-order chi connectivity index (χ1) is 10.6. The van der Waals surface area contributed by atoms with E-state index in [9.17, 15) is 43.2 Å². The Bertz CT molecular complexity index is 715. The van der Waals surface area contributed by atoms with E-state index < -0.39 is 45.0 Å². The normalized spacial score (nSPS) is 13.6. The number of hydrogen-bond donors (Lipinski definition) is 0. The minimum Gasteiger partial charge on any atom is -0.357 e. The van der Waals surface area contributed by atoms with Crippen molar-refractivity contribution in [3.8, 4) is 11.5 Å². The van der Waals surface area contributed by atoms with Gasteiger partial charge in [0.25, 0.3) is 0 Å². The molecule has 0 spiro atoms. The van der Waals surface area contributed by atoms with E-state index >= 15 is 0 Å². The van der Waals surface area contributed by atoms with Crippen LogP contribution in [0.4, 0.5) is 26.3 Å². The zero-order chi connectivity index (χ0) is 18.8. The molecule has 0 atom stereocenters. The van der Waals surface area contributed by atoms with Crippen molar-refractivity contribution in [2.45, 2.75) is 12.7 Å². The maximum Gasteiger partial charge on any atom is 0.539 e. The average molecular weight is 406 g/mol. The molecule has 0 N–H and O–H groups in total. The van der Waals surface area contributed by atoms with Gasteiger partial charge in [-0.1, -0.05) is 12.1 Å². The van der Waals surface area contributed by atoms with E-state index in [1.165, 1.54) is 0 Å². The van der Waals surface area contributed by atoms with Crippen LogP contribution in [0.1, 0.15) is 0 Å². The molecule has 0 heterocycles. The van der Waals surface area contributed by atoms with Gasteiger partial charge in [-0.25, -0.2) is 0 Å². The van der Waals surface area contributed by atoms with Crippen LogP contribution < -0.4 is 8.37 Å². The fourth-order valence-electron chi connectivity index (χ4n) is 1.07. The molecule has 0 amide bonds. The number of halogens is 6. The van der Waals surface area contributed by atoms with Crippen molar-refractivity contribution in [3.05, 3.63) is 24.3 Å². The zero-order valence-corrected chi connectivity index (χ0v) is 12.3. The van der Waals surface area contributed by atoms with Gasteiger partial charge in [-0.3, -0.25) is 0 Å². The highest BCUT2D eigenvalue weighted by Crippen LogP contribution is 2.32. The van der Waals surface area contributed by atoms with E-state index in [0.717, 1.165) is 12.1 Å². The molecule has 0 aliphatic rings. The summed E-state index contributed by atoms with van der Waals surface area (Å²) in [7, 11) is -11.5. The van der Waals surface area contributed by atoms with Crippen LogP contribution in [0.25, 0.3) is 0 Å². The first-order valence-corrected chi connectivity index (χ1v) is 7.78. The molecule has 0 fully saturated rings. The summed E-state index contributed by atoms with van der Waals surface area (Å²) in [5.74, 6) is -2.42. The van der Waals surface area contributed by atoms with Gasteiger partial charge in [0, 0.05) is 0 Å². The van der Waals surface area contributed by atoms with Crippen molar-refractivity contribution in [2.75, 3.05) is 0 Å². The summed E-state index contributed by atoms with van der Waals surface area (Å²) >= 11 is 0. The molecule has 0 unspecified atom stereocenters. The van der Waals surface area contributed by atoms with Crippen molar-refractivity contribution in [3.63, 3.8) is 0 Å². The fourth-order valence-corrected chi connectivity index (χ4v) is 2.32. The highest BCUT2D eigenvalue weighted by Gasteiger charge is 2.40. The summed E-state index contributed by atoms with van der Waals surface area (Å²) < 4.78 is 128. The number of alkyl halides is 6. The summed E-state index contributed by atoms with van der Waals surface area (Å²) in [6.45, 7) is 0. The van der Waals surface area contributed by atoms with E-state index in [1.54, 1.807) is 0 Å². The number of hydrogen-bond acceptors (Lipinski definition) is 8. The van der Waals surface area contributed by atoms with Crippen LogP contribution in [0.3, 0.4) is 0 Å². The number of benzene rings is 1. The lowest BCUT2D eigenvalue weighted by atomic mass is 10.3. The smallest absolute Gasteiger partial charge is 0.357 e. The van der Waals surface area contributed by atoms with Gasteiger partial charge in [-0.05, 0) is 12.1 Å². The van der Waals surface area contributed by atoms with Gasteiger partial charge >= 0.3 is 33.5 Å². The van der Waals surface area contributed by atoms with Crippen molar-refractivity contribution >= 4 is 20.8 Å². The predicted molar refractivity (Wildman–Crippen MR) is 59.8 cm³/mol. The van der Waals surface area contributed by atoms with E-state index in [4.69, 9.17) is 0 Å². The van der Waals surface area contributed by atoms with Gasteiger partial charge in [-0.15, -0.1) is 34.7 Å². The van der Waals surface area contributed by atoms with Gasteiger partial charge in [0.05, 0.1) is 0 Å². The molecule has 1 aromatic rings. The molecular weight excluding hydrogens is 402 g/mol. The van der Waals surface area contributed by atoms with Crippen molar-refractivity contribution in [1.29, 1.82) is 0 Å². The number of rotatable bonds is 6. The second-order valence-corrected chi connectivity index (χ2v) is 5.79. The maximum atomic E-state index is 11.9. The molecule has 1 rings (SSSR count). The van der Waals surface area contributed by atoms with Crippen LogP contribution in [0.5, 0.6) is 11.5 Å². The Kier molecular flexibility index (Phi) is 5.58. The molecule has 0 aliphatic heterocycles. The predicted octanol–water partition coefficient (Wildman–Crippen LogP) is 2.01. The van der Waals surface area contributed by atoms with Gasteiger partial charge in [0.2, 0.25) is 0 Å². The molecule has 0 aliphatic carbocycles. The molecule has 0 bridgehead atoms. The SMILES string of the molecule is O=S(=O)(Oc1ccccc1OS(=O)(=O)OC(F)(F)F)OC(F)(F)F. The molecule has 0 saturated heterocycles. The minimum absolute atomic E-state index is 0.579. The van der Waals surface area contributed by atoms with E-state index in [1.807, 2.05) is 0 Å². The topological polar surface area (TPSA) is 105 Å². The molecule has 0 saturated carbocycles. The molecular formula is C8H4F6O8S2. The molecule has 0 radical (unpaired) electrons. The Hall–Kier alpha value is -1.78. The van der Waals surface area contributed by atoms with E-state index in [-0.39, 0.29) is 0 Å². The minimum atomic E-state index is -5.77. The third-order valence-corrected chi connectivity index (χ3v) is 3.18. The van der Waals surface area contributed by atoms with Gasteiger partial charge < -0.3 is 8.37 Å². The lowest BCUT2D eigenvalue weighted by Gasteiger charge is -2.13. The van der Waals surface area contributed by atoms with Crippen molar-refractivity contribution in [2.24, 2.45) is 0 Å². The van der Waals surface area contributed by atoms with Crippen LogP contribution in [0.2, 0.25) is 0 Å². The lowest BCUT2D eigenvalue weighted by Crippen LogP contribution is -2.25. The fraction of sp³-hybridized carbons (Fsp3) is 0.250. The van der Waals surface area contributed by atoms with Crippen molar-refractivity contribution < 1.29 is 59.9 Å². The summed E-state index contributed by atoms with van der Waals surface area (Å²) in [6.07, 6.45) is -11.3. The largest absolute Gasteiger partial charge is 0.539 e. The van der Waals surface area contributed by atoms with Crippen LogP contribution in [-0.4, -0.2) is 29.6 Å². The highest BCUT2D eigenvalue weighted by atomic mass is 32.3. The van der Waals surface area contributed by atoms with Crippen LogP contribution in [0, 0.1) is 0 Å². The third kappa shape index (κ3) is 7.66. The van der Waals surface area contributed by atoms with Gasteiger partial charge in [0.15, 0.2) is 11.5 Å². The zero-order valence-electron chi connectivity index (χ0n) is 10.7.